The second-order valence-corrected chi connectivity index (χ2v) is 6.03. The van der Waals surface area contributed by atoms with Crippen molar-refractivity contribution < 1.29 is 4.79 Å². The van der Waals surface area contributed by atoms with E-state index in [1.165, 1.54) is 12.1 Å². The van der Waals surface area contributed by atoms with Gasteiger partial charge >= 0.3 is 0 Å². The number of carbonyl (C=O) groups excluding carboxylic acids is 1. The number of nitrogens with zero attached hydrogens (tertiary/aromatic N) is 1. The van der Waals surface area contributed by atoms with Crippen molar-refractivity contribution in [2.75, 3.05) is 10.2 Å². The zero-order valence-electron chi connectivity index (χ0n) is 11.8. The van der Waals surface area contributed by atoms with E-state index in [0.29, 0.717) is 6.04 Å². The second-order valence-electron chi connectivity index (χ2n) is 6.03. The van der Waals surface area contributed by atoms with E-state index in [1.54, 1.807) is 0 Å². The van der Waals surface area contributed by atoms with Crippen LogP contribution in [0.3, 0.4) is 0 Å². The van der Waals surface area contributed by atoms with Crippen LogP contribution >= 0.6 is 0 Å². The monoisotopic (exact) mass is 258 g/mol. The van der Waals surface area contributed by atoms with E-state index < -0.39 is 0 Å². The van der Waals surface area contributed by atoms with Crippen LogP contribution in [-0.4, -0.2) is 17.5 Å². The molecule has 102 valence electrons. The minimum Gasteiger partial charge on any atom is -0.353 e. The van der Waals surface area contributed by atoms with Crippen LogP contribution in [0.25, 0.3) is 0 Å². The molecule has 1 fully saturated rings. The Morgan fingerprint density at radius 1 is 1.16 bits per heavy atom. The molecule has 0 saturated heterocycles. The van der Waals surface area contributed by atoms with Gasteiger partial charge in [0.15, 0.2) is 0 Å². The molecule has 1 heterocycles. The van der Waals surface area contributed by atoms with Gasteiger partial charge in [0.2, 0.25) is 5.91 Å². The number of benzene rings is 1. The zero-order valence-corrected chi connectivity index (χ0v) is 11.8. The molecule has 0 atom stereocenters. The van der Waals surface area contributed by atoms with Gasteiger partial charge in [-0.3, -0.25) is 4.79 Å². The van der Waals surface area contributed by atoms with E-state index >= 15 is 0 Å². The fourth-order valence-electron chi connectivity index (χ4n) is 3.75. The number of anilines is 2. The summed E-state index contributed by atoms with van der Waals surface area (Å²) in [6.45, 7) is 4.37. The average Bonchev–Trinajstić information content (AvgIpc) is 2.41. The summed E-state index contributed by atoms with van der Waals surface area (Å²) >= 11 is 0. The van der Waals surface area contributed by atoms with E-state index in [2.05, 4.69) is 36.2 Å². The summed E-state index contributed by atoms with van der Waals surface area (Å²) in [5, 5.41) is 3.12. The quantitative estimate of drug-likeness (QED) is 0.835. The normalized spacial score (nSPS) is 21.4. The lowest BCUT2D eigenvalue weighted by Gasteiger charge is -2.51. The number of hydrogen-bond donors (Lipinski definition) is 1. The highest BCUT2D eigenvalue weighted by atomic mass is 16.2. The molecule has 0 bridgehead atoms. The molecule has 1 aliphatic carbocycles. The van der Waals surface area contributed by atoms with Crippen molar-refractivity contribution in [2.45, 2.75) is 57.5 Å². The first-order chi connectivity index (χ1) is 9.15. The lowest BCUT2D eigenvalue weighted by Crippen LogP contribution is -2.63. The van der Waals surface area contributed by atoms with Crippen LogP contribution in [0.2, 0.25) is 0 Å². The number of fused-ring (bicyclic) bond motifs is 1. The number of carbonyl (C=O) groups is 1. The predicted molar refractivity (Wildman–Crippen MR) is 78.5 cm³/mol. The fourth-order valence-corrected chi connectivity index (χ4v) is 3.75. The van der Waals surface area contributed by atoms with E-state index in [1.807, 2.05) is 12.1 Å². The molecule has 1 N–H and O–H groups in total. The van der Waals surface area contributed by atoms with Crippen LogP contribution in [0, 0.1) is 0 Å². The maximum atomic E-state index is 12.7. The molecule has 3 nitrogen and oxygen atoms in total. The van der Waals surface area contributed by atoms with Gasteiger partial charge in [0.25, 0.3) is 0 Å². The average molecular weight is 258 g/mol. The lowest BCUT2D eigenvalue weighted by molar-refractivity contribution is -0.123. The van der Waals surface area contributed by atoms with E-state index in [4.69, 9.17) is 0 Å². The Hall–Kier alpha value is -1.51. The van der Waals surface area contributed by atoms with Gasteiger partial charge in [-0.2, -0.15) is 0 Å². The van der Waals surface area contributed by atoms with Crippen molar-refractivity contribution in [1.82, 2.24) is 0 Å². The molecule has 3 heteroatoms. The Morgan fingerprint density at radius 2 is 1.84 bits per heavy atom. The Labute approximate surface area is 115 Å². The number of amides is 1. The number of para-hydroxylation sites is 2. The van der Waals surface area contributed by atoms with Crippen molar-refractivity contribution in [2.24, 2.45) is 0 Å². The second kappa shape index (κ2) is 4.55. The SMILES string of the molecule is CC(C)N1c2ccccc2NC(=O)C12CCCCC2. The van der Waals surface area contributed by atoms with Gasteiger partial charge in [-0.1, -0.05) is 31.4 Å². The van der Waals surface area contributed by atoms with Gasteiger partial charge in [-0.25, -0.2) is 0 Å². The summed E-state index contributed by atoms with van der Waals surface area (Å²) in [4.78, 5) is 15.1. The highest BCUT2D eigenvalue weighted by Gasteiger charge is 2.49. The molecular formula is C16H22N2O. The minimum absolute atomic E-state index is 0.194. The van der Waals surface area contributed by atoms with Crippen molar-refractivity contribution in [1.29, 1.82) is 0 Å². The molecule has 1 amide bonds. The Balaban J connectivity index is 2.12. The van der Waals surface area contributed by atoms with Crippen LogP contribution in [-0.2, 0) is 4.79 Å². The molecule has 0 aromatic heterocycles. The third-order valence-electron chi connectivity index (χ3n) is 4.49. The lowest BCUT2D eigenvalue weighted by atomic mass is 9.77. The highest BCUT2D eigenvalue weighted by molar-refractivity contribution is 6.06. The van der Waals surface area contributed by atoms with Gasteiger partial charge < -0.3 is 10.2 Å². The first-order valence-corrected chi connectivity index (χ1v) is 7.35. The molecule has 2 aliphatic rings. The number of rotatable bonds is 1. The third-order valence-corrected chi connectivity index (χ3v) is 4.49. The molecule has 3 rings (SSSR count). The van der Waals surface area contributed by atoms with Gasteiger partial charge in [0, 0.05) is 6.04 Å². The molecule has 1 aliphatic heterocycles. The van der Waals surface area contributed by atoms with Crippen molar-refractivity contribution in [3.63, 3.8) is 0 Å². The van der Waals surface area contributed by atoms with Crippen LogP contribution in [0.4, 0.5) is 11.4 Å². The summed E-state index contributed by atoms with van der Waals surface area (Å²) in [6.07, 6.45) is 5.51. The molecule has 1 aromatic carbocycles. The third kappa shape index (κ3) is 1.83. The topological polar surface area (TPSA) is 32.3 Å². The summed E-state index contributed by atoms with van der Waals surface area (Å²) in [6, 6.07) is 8.51. The Kier molecular flexibility index (Phi) is 3.00. The van der Waals surface area contributed by atoms with Crippen molar-refractivity contribution >= 4 is 17.3 Å². The molecular weight excluding hydrogens is 236 g/mol. The molecule has 0 unspecified atom stereocenters. The molecule has 1 aromatic rings. The molecule has 1 spiro atoms. The molecule has 0 radical (unpaired) electrons. The minimum atomic E-state index is -0.319. The van der Waals surface area contributed by atoms with Gasteiger partial charge in [0.1, 0.15) is 5.54 Å². The number of nitrogens with one attached hydrogen (secondary N) is 1. The summed E-state index contributed by atoms with van der Waals surface area (Å²) in [5.74, 6) is 0.194. The highest BCUT2D eigenvalue weighted by Crippen LogP contribution is 2.44. The fraction of sp³-hybridized carbons (Fsp3) is 0.562. The maximum Gasteiger partial charge on any atom is 0.250 e. The van der Waals surface area contributed by atoms with Gasteiger partial charge in [-0.05, 0) is 38.8 Å². The molecule has 19 heavy (non-hydrogen) atoms. The zero-order chi connectivity index (χ0) is 13.5. The summed E-state index contributed by atoms with van der Waals surface area (Å²) in [7, 11) is 0. The standard InChI is InChI=1S/C16H22N2O/c1-12(2)18-14-9-5-4-8-13(14)17-15(19)16(18)10-6-3-7-11-16/h4-5,8-9,12H,3,6-7,10-11H2,1-2H3,(H,17,19). The number of hydrogen-bond acceptors (Lipinski definition) is 2. The summed E-state index contributed by atoms with van der Waals surface area (Å²) in [5.41, 5.74) is 1.82. The first-order valence-electron chi connectivity index (χ1n) is 7.35. The smallest absolute Gasteiger partial charge is 0.250 e. The van der Waals surface area contributed by atoms with E-state index in [-0.39, 0.29) is 11.4 Å². The van der Waals surface area contributed by atoms with E-state index in [0.717, 1.165) is 31.4 Å². The maximum absolute atomic E-state index is 12.7. The largest absolute Gasteiger partial charge is 0.353 e. The van der Waals surface area contributed by atoms with Crippen LogP contribution < -0.4 is 10.2 Å². The van der Waals surface area contributed by atoms with E-state index in [9.17, 15) is 4.79 Å². The van der Waals surface area contributed by atoms with Crippen LogP contribution in [0.5, 0.6) is 0 Å². The van der Waals surface area contributed by atoms with Crippen LogP contribution in [0.1, 0.15) is 46.0 Å². The van der Waals surface area contributed by atoms with Crippen molar-refractivity contribution in [3.05, 3.63) is 24.3 Å². The molecule has 1 saturated carbocycles. The van der Waals surface area contributed by atoms with Crippen molar-refractivity contribution in [3.8, 4) is 0 Å². The van der Waals surface area contributed by atoms with Gasteiger partial charge in [-0.15, -0.1) is 0 Å². The van der Waals surface area contributed by atoms with Gasteiger partial charge in [0.05, 0.1) is 11.4 Å². The Bertz CT molecular complexity index is 489. The van der Waals surface area contributed by atoms with Crippen LogP contribution in [0.15, 0.2) is 24.3 Å². The summed E-state index contributed by atoms with van der Waals surface area (Å²) < 4.78 is 0. The first kappa shape index (κ1) is 12.5. The Morgan fingerprint density at radius 3 is 2.53 bits per heavy atom. The predicted octanol–water partition coefficient (Wildman–Crippen LogP) is 3.56.